The van der Waals surface area contributed by atoms with E-state index in [1.165, 1.54) is 0 Å². The van der Waals surface area contributed by atoms with Crippen LogP contribution >= 0.6 is 0 Å². The monoisotopic (exact) mass is 290 g/mol. The van der Waals surface area contributed by atoms with E-state index in [4.69, 9.17) is 4.74 Å². The van der Waals surface area contributed by atoms with Crippen molar-refractivity contribution < 1.29 is 14.3 Å². The fourth-order valence-corrected chi connectivity index (χ4v) is 2.66. The minimum Gasteiger partial charge on any atom is -0.466 e. The van der Waals surface area contributed by atoms with Crippen molar-refractivity contribution in [3.63, 3.8) is 0 Å². The molecule has 0 atom stereocenters. The number of aromatic nitrogens is 1. The van der Waals surface area contributed by atoms with Gasteiger partial charge in [0.1, 0.15) is 0 Å². The van der Waals surface area contributed by atoms with Gasteiger partial charge in [0.15, 0.2) is 0 Å². The Labute approximate surface area is 125 Å². The second-order valence-corrected chi connectivity index (χ2v) is 5.40. The Hall–Kier alpha value is -1.91. The largest absolute Gasteiger partial charge is 0.466 e. The molecule has 1 saturated heterocycles. The topological polar surface area (TPSA) is 59.5 Å². The Morgan fingerprint density at radius 3 is 2.52 bits per heavy atom. The second kappa shape index (κ2) is 6.70. The quantitative estimate of drug-likeness (QED) is 0.800. The number of amides is 1. The van der Waals surface area contributed by atoms with Crippen LogP contribution in [0.1, 0.15) is 41.5 Å². The van der Waals surface area contributed by atoms with Gasteiger partial charge in [-0.15, -0.1) is 0 Å². The molecule has 0 saturated carbocycles. The van der Waals surface area contributed by atoms with Crippen molar-refractivity contribution in [1.82, 2.24) is 9.88 Å². The zero-order valence-corrected chi connectivity index (χ0v) is 12.9. The van der Waals surface area contributed by atoms with E-state index in [1.54, 1.807) is 4.90 Å². The molecule has 2 rings (SSSR count). The Balaban J connectivity index is 1.98. The molecule has 114 valence electrons. The van der Waals surface area contributed by atoms with E-state index in [-0.39, 0.29) is 17.8 Å². The number of esters is 1. The first-order valence-electron chi connectivity index (χ1n) is 7.43. The van der Waals surface area contributed by atoms with Crippen LogP contribution in [0.4, 0.5) is 0 Å². The Morgan fingerprint density at radius 2 is 1.95 bits per heavy atom. The fourth-order valence-electron chi connectivity index (χ4n) is 2.66. The summed E-state index contributed by atoms with van der Waals surface area (Å²) in [6.45, 7) is 7.17. The van der Waals surface area contributed by atoms with E-state index in [9.17, 15) is 9.59 Å². The normalized spacial score (nSPS) is 15.9. The zero-order valence-electron chi connectivity index (χ0n) is 12.9. The average Bonchev–Trinajstić information content (AvgIpc) is 2.47. The summed E-state index contributed by atoms with van der Waals surface area (Å²) in [6, 6.07) is 3.68. The van der Waals surface area contributed by atoms with E-state index in [1.807, 2.05) is 32.9 Å². The van der Waals surface area contributed by atoms with Gasteiger partial charge < -0.3 is 9.64 Å². The van der Waals surface area contributed by atoms with Crippen molar-refractivity contribution in [3.05, 3.63) is 29.1 Å². The molecule has 1 aliphatic heterocycles. The van der Waals surface area contributed by atoms with Crippen molar-refractivity contribution in [3.8, 4) is 0 Å². The molecule has 1 amide bonds. The number of hydrogen-bond donors (Lipinski definition) is 0. The van der Waals surface area contributed by atoms with Crippen molar-refractivity contribution in [2.24, 2.45) is 5.92 Å². The minimum atomic E-state index is -0.141. The predicted octanol–water partition coefficient (Wildman–Crippen LogP) is 2.11. The van der Waals surface area contributed by atoms with Gasteiger partial charge in [0.05, 0.1) is 23.8 Å². The smallest absolute Gasteiger partial charge is 0.309 e. The molecule has 5 nitrogen and oxygen atoms in total. The number of likely N-dealkylation sites (tertiary alicyclic amines) is 1. The molecule has 0 aromatic carbocycles. The summed E-state index contributed by atoms with van der Waals surface area (Å²) >= 11 is 0. The summed E-state index contributed by atoms with van der Waals surface area (Å²) < 4.78 is 5.04. The lowest BCUT2D eigenvalue weighted by atomic mass is 9.96. The highest BCUT2D eigenvalue weighted by atomic mass is 16.5. The van der Waals surface area contributed by atoms with Crippen molar-refractivity contribution in [1.29, 1.82) is 0 Å². The third-order valence-electron chi connectivity index (χ3n) is 3.86. The van der Waals surface area contributed by atoms with Crippen LogP contribution in [0.2, 0.25) is 0 Å². The second-order valence-electron chi connectivity index (χ2n) is 5.40. The Morgan fingerprint density at radius 1 is 1.29 bits per heavy atom. The number of carbonyl (C=O) groups excluding carboxylic acids is 2. The van der Waals surface area contributed by atoms with Gasteiger partial charge >= 0.3 is 5.97 Å². The predicted molar refractivity (Wildman–Crippen MR) is 79.0 cm³/mol. The number of rotatable bonds is 3. The first-order valence-corrected chi connectivity index (χ1v) is 7.43. The maximum Gasteiger partial charge on any atom is 0.309 e. The van der Waals surface area contributed by atoms with E-state index >= 15 is 0 Å². The molecule has 1 aromatic heterocycles. The Bertz CT molecular complexity index is 534. The van der Waals surface area contributed by atoms with Gasteiger partial charge in [-0.25, -0.2) is 0 Å². The molecule has 21 heavy (non-hydrogen) atoms. The van der Waals surface area contributed by atoms with Gasteiger partial charge in [0.25, 0.3) is 5.91 Å². The van der Waals surface area contributed by atoms with Crippen LogP contribution in [0.3, 0.4) is 0 Å². The number of pyridine rings is 1. The van der Waals surface area contributed by atoms with Crippen molar-refractivity contribution >= 4 is 11.9 Å². The van der Waals surface area contributed by atoms with Crippen LogP contribution < -0.4 is 0 Å². The first kappa shape index (κ1) is 15.5. The SMILES string of the molecule is CCOC(=O)C1CCN(C(=O)c2ccc(C)nc2C)CC1. The van der Waals surface area contributed by atoms with Gasteiger partial charge in [-0.2, -0.15) is 0 Å². The van der Waals surface area contributed by atoms with E-state index < -0.39 is 0 Å². The van der Waals surface area contributed by atoms with Gasteiger partial charge in [-0.3, -0.25) is 14.6 Å². The number of hydrogen-bond acceptors (Lipinski definition) is 4. The van der Waals surface area contributed by atoms with E-state index in [2.05, 4.69) is 4.98 Å². The molecular formula is C16H22N2O3. The number of piperidine rings is 1. The van der Waals surface area contributed by atoms with Gasteiger partial charge in [-0.1, -0.05) is 0 Å². The highest BCUT2D eigenvalue weighted by Gasteiger charge is 2.29. The number of aryl methyl sites for hydroxylation is 2. The maximum atomic E-state index is 12.5. The zero-order chi connectivity index (χ0) is 15.4. The average molecular weight is 290 g/mol. The molecule has 0 unspecified atom stereocenters. The molecule has 0 N–H and O–H groups in total. The summed E-state index contributed by atoms with van der Waals surface area (Å²) in [5, 5.41) is 0. The third-order valence-corrected chi connectivity index (χ3v) is 3.86. The van der Waals surface area contributed by atoms with Crippen LogP contribution in [0.15, 0.2) is 12.1 Å². The molecule has 1 aromatic rings. The van der Waals surface area contributed by atoms with Gasteiger partial charge in [-0.05, 0) is 45.7 Å². The summed E-state index contributed by atoms with van der Waals surface area (Å²) in [6.07, 6.45) is 1.34. The van der Waals surface area contributed by atoms with Gasteiger partial charge in [0, 0.05) is 18.8 Å². The van der Waals surface area contributed by atoms with E-state index in [0.29, 0.717) is 38.1 Å². The van der Waals surface area contributed by atoms with Crippen LogP contribution in [0.25, 0.3) is 0 Å². The highest BCUT2D eigenvalue weighted by Crippen LogP contribution is 2.21. The summed E-state index contributed by atoms with van der Waals surface area (Å²) in [5.41, 5.74) is 2.31. The van der Waals surface area contributed by atoms with Crippen LogP contribution in [0.5, 0.6) is 0 Å². The van der Waals surface area contributed by atoms with Crippen molar-refractivity contribution in [2.45, 2.75) is 33.6 Å². The molecule has 0 aliphatic carbocycles. The standard InChI is InChI=1S/C16H22N2O3/c1-4-21-16(20)13-7-9-18(10-8-13)15(19)14-6-5-11(2)17-12(14)3/h5-6,13H,4,7-10H2,1-3H3. The summed E-state index contributed by atoms with van der Waals surface area (Å²) in [5.74, 6) is -0.216. The minimum absolute atomic E-state index is 0.00214. The van der Waals surface area contributed by atoms with Crippen LogP contribution in [-0.4, -0.2) is 41.5 Å². The summed E-state index contributed by atoms with van der Waals surface area (Å²) in [7, 11) is 0. The first-order chi connectivity index (χ1) is 10.0. The lowest BCUT2D eigenvalue weighted by Crippen LogP contribution is -2.41. The fraction of sp³-hybridized carbons (Fsp3) is 0.562. The molecule has 0 spiro atoms. The molecule has 1 aliphatic rings. The molecule has 5 heteroatoms. The molecule has 1 fully saturated rings. The number of ether oxygens (including phenoxy) is 1. The molecule has 2 heterocycles. The lowest BCUT2D eigenvalue weighted by Gasteiger charge is -2.31. The van der Waals surface area contributed by atoms with E-state index in [0.717, 1.165) is 11.4 Å². The lowest BCUT2D eigenvalue weighted by molar-refractivity contribution is -0.149. The summed E-state index contributed by atoms with van der Waals surface area (Å²) in [4.78, 5) is 30.3. The van der Waals surface area contributed by atoms with Crippen LogP contribution in [0, 0.1) is 19.8 Å². The Kier molecular flexibility index (Phi) is 4.94. The molecule has 0 bridgehead atoms. The number of nitrogens with zero attached hydrogens (tertiary/aromatic N) is 2. The number of carbonyl (C=O) groups is 2. The molecule has 0 radical (unpaired) electrons. The highest BCUT2D eigenvalue weighted by molar-refractivity contribution is 5.95. The molecular weight excluding hydrogens is 268 g/mol. The van der Waals surface area contributed by atoms with Crippen molar-refractivity contribution in [2.75, 3.05) is 19.7 Å². The van der Waals surface area contributed by atoms with Crippen LogP contribution in [-0.2, 0) is 9.53 Å². The van der Waals surface area contributed by atoms with Gasteiger partial charge in [0.2, 0.25) is 0 Å². The maximum absolute atomic E-state index is 12.5. The third kappa shape index (κ3) is 3.60.